The van der Waals surface area contributed by atoms with E-state index in [0.29, 0.717) is 5.05 Å². The fraction of sp³-hybridized carbons (Fsp3) is 0.286. The largest absolute Gasteiger partial charge is 0.486 e. The highest BCUT2D eigenvalue weighted by molar-refractivity contribution is 8.93. The summed E-state index contributed by atoms with van der Waals surface area (Å²) >= 11 is 6.57. The van der Waals surface area contributed by atoms with Crippen LogP contribution < -0.4 is 0 Å². The molecule has 0 radical (unpaired) electrons. The van der Waals surface area contributed by atoms with E-state index in [0.717, 1.165) is 4.88 Å². The molecule has 11 heavy (non-hydrogen) atoms. The van der Waals surface area contributed by atoms with E-state index in [2.05, 4.69) is 0 Å². The Morgan fingerprint density at radius 2 is 2.27 bits per heavy atom. The molecule has 4 heteroatoms. The first kappa shape index (κ1) is 11.1. The van der Waals surface area contributed by atoms with E-state index in [9.17, 15) is 0 Å². The molecule has 1 nitrogen and oxygen atoms in total. The van der Waals surface area contributed by atoms with Crippen molar-refractivity contribution in [2.24, 2.45) is 0 Å². The molecule has 0 spiro atoms. The number of rotatable bonds is 1. The third-order valence-electron chi connectivity index (χ3n) is 1.23. The van der Waals surface area contributed by atoms with Crippen LogP contribution in [-0.2, 0) is 4.74 Å². The quantitative estimate of drug-likeness (QED) is 0.711. The third kappa shape index (κ3) is 2.54. The Bertz CT molecular complexity index is 244. The summed E-state index contributed by atoms with van der Waals surface area (Å²) in [4.78, 5) is 1.07. The summed E-state index contributed by atoms with van der Waals surface area (Å²) in [5, 5.41) is 2.60. The molecule has 0 aliphatic rings. The van der Waals surface area contributed by atoms with Crippen LogP contribution in [0, 0.1) is 6.92 Å². The second kappa shape index (κ2) is 4.85. The Morgan fingerprint density at radius 3 is 2.64 bits per heavy atom. The smallest absolute Gasteiger partial charge is 0.201 e. The minimum Gasteiger partial charge on any atom is -0.486 e. The van der Waals surface area contributed by atoms with E-state index in [4.69, 9.17) is 17.0 Å². The van der Waals surface area contributed by atoms with Crippen LogP contribution in [0.4, 0.5) is 0 Å². The fourth-order valence-corrected chi connectivity index (χ4v) is 1.82. The zero-order valence-electron chi connectivity index (χ0n) is 6.29. The molecule has 0 bridgehead atoms. The third-order valence-corrected chi connectivity index (χ3v) is 2.75. The maximum absolute atomic E-state index is 4.95. The van der Waals surface area contributed by atoms with E-state index in [-0.39, 0.29) is 17.0 Å². The monoisotopic (exact) mass is 252 g/mol. The van der Waals surface area contributed by atoms with E-state index in [1.165, 1.54) is 5.56 Å². The standard InChI is InChI=1S/C7H8OS2.BrH/c1-5-3-4-10-6(5)7(9)8-2;/h3-4H,1-2H3;1H. The Morgan fingerprint density at radius 1 is 1.64 bits per heavy atom. The van der Waals surface area contributed by atoms with Gasteiger partial charge in [0.2, 0.25) is 5.05 Å². The first-order chi connectivity index (χ1) is 4.75. The summed E-state index contributed by atoms with van der Waals surface area (Å²) in [6, 6.07) is 2.03. The van der Waals surface area contributed by atoms with Gasteiger partial charge >= 0.3 is 0 Å². The number of methoxy groups -OCH3 is 1. The SMILES string of the molecule is Br.COC(=S)c1sccc1C. The van der Waals surface area contributed by atoms with Gasteiger partial charge in [0.1, 0.15) is 0 Å². The summed E-state index contributed by atoms with van der Waals surface area (Å²) in [7, 11) is 1.60. The molecule has 62 valence electrons. The van der Waals surface area contributed by atoms with Gasteiger partial charge in [-0.1, -0.05) is 0 Å². The van der Waals surface area contributed by atoms with Crippen molar-refractivity contribution in [2.75, 3.05) is 7.11 Å². The van der Waals surface area contributed by atoms with Gasteiger partial charge in [-0.15, -0.1) is 28.3 Å². The molecular formula is C7H9BrOS2. The summed E-state index contributed by atoms with van der Waals surface area (Å²) in [5.41, 5.74) is 1.19. The van der Waals surface area contributed by atoms with Crippen LogP contribution in [0.1, 0.15) is 10.4 Å². The van der Waals surface area contributed by atoms with Crippen LogP contribution in [0.15, 0.2) is 11.4 Å². The topological polar surface area (TPSA) is 9.23 Å². The van der Waals surface area contributed by atoms with Crippen molar-refractivity contribution in [3.05, 3.63) is 21.9 Å². The number of thiophene rings is 1. The number of hydrogen-bond donors (Lipinski definition) is 0. The Labute approximate surface area is 86.2 Å². The van der Waals surface area contributed by atoms with Crippen molar-refractivity contribution in [3.63, 3.8) is 0 Å². The van der Waals surface area contributed by atoms with E-state index >= 15 is 0 Å². The molecule has 0 saturated carbocycles. The average Bonchev–Trinajstić information content (AvgIpc) is 2.34. The molecule has 1 aromatic heterocycles. The molecule has 0 saturated heterocycles. The van der Waals surface area contributed by atoms with Crippen molar-refractivity contribution in [2.45, 2.75) is 6.92 Å². The molecule has 0 atom stereocenters. The first-order valence-electron chi connectivity index (χ1n) is 2.88. The second-order valence-electron chi connectivity index (χ2n) is 1.92. The molecular weight excluding hydrogens is 244 g/mol. The molecule has 0 aliphatic heterocycles. The van der Waals surface area contributed by atoms with Crippen molar-refractivity contribution in [1.29, 1.82) is 0 Å². The van der Waals surface area contributed by atoms with Gasteiger partial charge in [0.05, 0.1) is 12.0 Å². The van der Waals surface area contributed by atoms with Crippen molar-refractivity contribution in [3.8, 4) is 0 Å². The lowest BCUT2D eigenvalue weighted by Gasteiger charge is -1.98. The second-order valence-corrected chi connectivity index (χ2v) is 3.21. The summed E-state index contributed by atoms with van der Waals surface area (Å²) in [6.07, 6.45) is 0. The molecule has 1 aromatic rings. The number of thiocarbonyl (C=S) groups is 1. The molecule has 0 unspecified atom stereocenters. The highest BCUT2D eigenvalue weighted by Gasteiger charge is 2.04. The first-order valence-corrected chi connectivity index (χ1v) is 4.17. The minimum atomic E-state index is 0. The van der Waals surface area contributed by atoms with Crippen molar-refractivity contribution < 1.29 is 4.74 Å². The van der Waals surface area contributed by atoms with Gasteiger partial charge in [-0.3, -0.25) is 0 Å². The maximum Gasteiger partial charge on any atom is 0.201 e. The van der Waals surface area contributed by atoms with Gasteiger partial charge in [-0.2, -0.15) is 0 Å². The summed E-state index contributed by atoms with van der Waals surface area (Å²) in [6.45, 7) is 2.02. The zero-order chi connectivity index (χ0) is 7.56. The lowest BCUT2D eigenvalue weighted by atomic mass is 10.3. The van der Waals surface area contributed by atoms with Crippen LogP contribution in [0.3, 0.4) is 0 Å². The lowest BCUT2D eigenvalue weighted by molar-refractivity contribution is 0.416. The maximum atomic E-state index is 4.95. The van der Waals surface area contributed by atoms with Crippen LogP contribution in [0.25, 0.3) is 0 Å². The normalized spacial score (nSPS) is 8.55. The van der Waals surface area contributed by atoms with Crippen LogP contribution >= 0.6 is 40.5 Å². The molecule has 1 rings (SSSR count). The van der Waals surface area contributed by atoms with Crippen molar-refractivity contribution in [1.82, 2.24) is 0 Å². The molecule has 0 N–H and O–H groups in total. The predicted octanol–water partition coefficient (Wildman–Crippen LogP) is 2.96. The summed E-state index contributed by atoms with van der Waals surface area (Å²) in [5.74, 6) is 0. The molecule has 0 fully saturated rings. The summed E-state index contributed by atoms with van der Waals surface area (Å²) < 4.78 is 4.92. The van der Waals surface area contributed by atoms with Gasteiger partial charge in [0.15, 0.2) is 0 Å². The Kier molecular flexibility index (Phi) is 4.88. The predicted molar refractivity (Wildman–Crippen MR) is 58.1 cm³/mol. The van der Waals surface area contributed by atoms with E-state index < -0.39 is 0 Å². The van der Waals surface area contributed by atoms with Gasteiger partial charge in [0, 0.05) is 0 Å². The Hall–Kier alpha value is 0.0700. The van der Waals surface area contributed by atoms with Gasteiger partial charge < -0.3 is 4.74 Å². The van der Waals surface area contributed by atoms with Crippen molar-refractivity contribution >= 4 is 45.6 Å². The van der Waals surface area contributed by atoms with Crippen LogP contribution in [0.5, 0.6) is 0 Å². The highest BCUT2D eigenvalue weighted by Crippen LogP contribution is 2.16. The van der Waals surface area contributed by atoms with E-state index in [1.807, 2.05) is 18.4 Å². The highest BCUT2D eigenvalue weighted by atomic mass is 79.9. The number of hydrogen-bond acceptors (Lipinski definition) is 3. The van der Waals surface area contributed by atoms with Gasteiger partial charge in [0.25, 0.3) is 0 Å². The lowest BCUT2D eigenvalue weighted by Crippen LogP contribution is -1.97. The molecule has 0 amide bonds. The molecule has 1 heterocycles. The number of aryl methyl sites for hydroxylation is 1. The molecule has 0 aliphatic carbocycles. The van der Waals surface area contributed by atoms with Gasteiger partial charge in [-0.05, 0) is 36.2 Å². The molecule has 0 aromatic carbocycles. The zero-order valence-corrected chi connectivity index (χ0v) is 9.63. The fourth-order valence-electron chi connectivity index (χ4n) is 0.675. The van der Waals surface area contributed by atoms with Gasteiger partial charge in [-0.25, -0.2) is 0 Å². The minimum absolute atomic E-state index is 0. The van der Waals surface area contributed by atoms with E-state index in [1.54, 1.807) is 18.4 Å². The Balaban J connectivity index is 0.000001000. The average molecular weight is 253 g/mol. The van der Waals surface area contributed by atoms with Crippen LogP contribution in [-0.4, -0.2) is 12.2 Å². The number of ether oxygens (including phenoxy) is 1. The van der Waals surface area contributed by atoms with Crippen LogP contribution in [0.2, 0.25) is 0 Å². The number of halogens is 1.